The van der Waals surface area contributed by atoms with Crippen molar-refractivity contribution in [3.05, 3.63) is 29.6 Å². The number of nitrogens with zero attached hydrogens (tertiary/aromatic N) is 3. The van der Waals surface area contributed by atoms with Gasteiger partial charge in [-0.3, -0.25) is 9.59 Å². The molecule has 2 fully saturated rings. The van der Waals surface area contributed by atoms with Crippen molar-refractivity contribution in [2.75, 3.05) is 60.0 Å². The molecule has 26 heavy (non-hydrogen) atoms. The summed E-state index contributed by atoms with van der Waals surface area (Å²) in [7, 11) is 3.95. The molecular weight excluding hydrogens is 337 g/mol. The van der Waals surface area contributed by atoms with Gasteiger partial charge in [-0.2, -0.15) is 0 Å². The highest BCUT2D eigenvalue weighted by Crippen LogP contribution is 2.45. The molecule has 1 amide bonds. The van der Waals surface area contributed by atoms with Crippen molar-refractivity contribution in [3.63, 3.8) is 0 Å². The van der Waals surface area contributed by atoms with Gasteiger partial charge in [-0.15, -0.1) is 0 Å². The Hall–Kier alpha value is -1.99. The third-order valence-electron chi connectivity index (χ3n) is 5.95. The number of likely N-dealkylation sites (tertiary alicyclic amines) is 1. The van der Waals surface area contributed by atoms with Crippen LogP contribution in [0.5, 0.6) is 5.75 Å². The highest BCUT2D eigenvalue weighted by atomic mass is 19.1. The molecule has 2 saturated heterocycles. The van der Waals surface area contributed by atoms with Crippen LogP contribution in [-0.2, 0) is 4.79 Å². The number of ketones is 1. The first-order valence-electron chi connectivity index (χ1n) is 9.04. The number of halogens is 1. The molecule has 1 spiro atoms. The van der Waals surface area contributed by atoms with Crippen LogP contribution >= 0.6 is 0 Å². The molecule has 0 bridgehead atoms. The van der Waals surface area contributed by atoms with Gasteiger partial charge in [-0.1, -0.05) is 0 Å². The standard InChI is InChI=1S/C19H24FN3O3/c1-21-5-7-23(8-6-21)18(25)15-10-22(2)11-19(15)12-26-16-4-3-13(20)9-14(16)17(19)24/h3-4,9,15H,5-8,10-12H2,1-2H3/t15-,19-/m0/s1. The van der Waals surface area contributed by atoms with E-state index in [4.69, 9.17) is 4.74 Å². The van der Waals surface area contributed by atoms with Crippen LogP contribution < -0.4 is 4.74 Å². The third-order valence-corrected chi connectivity index (χ3v) is 5.95. The number of hydrogen-bond acceptors (Lipinski definition) is 5. The van der Waals surface area contributed by atoms with Gasteiger partial charge >= 0.3 is 0 Å². The summed E-state index contributed by atoms with van der Waals surface area (Å²) in [6, 6.07) is 4.01. The highest BCUT2D eigenvalue weighted by Gasteiger charge is 2.58. The molecule has 4 rings (SSSR count). The number of amides is 1. The molecule has 7 heteroatoms. The Bertz CT molecular complexity index is 748. The van der Waals surface area contributed by atoms with E-state index in [0.717, 1.165) is 13.1 Å². The maximum absolute atomic E-state index is 13.7. The van der Waals surface area contributed by atoms with Crippen molar-refractivity contribution < 1.29 is 18.7 Å². The molecule has 3 heterocycles. The number of carbonyl (C=O) groups excluding carboxylic acids is 2. The summed E-state index contributed by atoms with van der Waals surface area (Å²) in [6.07, 6.45) is 0. The molecule has 0 saturated carbocycles. The van der Waals surface area contributed by atoms with Gasteiger partial charge in [-0.25, -0.2) is 4.39 Å². The fourth-order valence-corrected chi connectivity index (χ4v) is 4.43. The molecule has 3 aliphatic heterocycles. The van der Waals surface area contributed by atoms with Gasteiger partial charge in [0.15, 0.2) is 5.78 Å². The summed E-state index contributed by atoms with van der Waals surface area (Å²) in [5.41, 5.74) is -0.682. The molecule has 0 radical (unpaired) electrons. The Morgan fingerprint density at radius 3 is 2.65 bits per heavy atom. The van der Waals surface area contributed by atoms with Crippen LogP contribution in [0.4, 0.5) is 4.39 Å². The van der Waals surface area contributed by atoms with Gasteiger partial charge in [0.2, 0.25) is 5.91 Å². The number of ether oxygens (including phenoxy) is 1. The molecule has 0 aromatic heterocycles. The second-order valence-corrected chi connectivity index (χ2v) is 7.79. The average Bonchev–Trinajstić information content (AvgIpc) is 2.96. The fourth-order valence-electron chi connectivity index (χ4n) is 4.43. The molecule has 0 aliphatic carbocycles. The molecule has 2 atom stereocenters. The van der Waals surface area contributed by atoms with Crippen LogP contribution in [0.1, 0.15) is 10.4 Å². The maximum atomic E-state index is 13.7. The molecular formula is C19H24FN3O3. The summed E-state index contributed by atoms with van der Waals surface area (Å²) in [6.45, 7) is 4.15. The normalized spacial score (nSPS) is 29.7. The Morgan fingerprint density at radius 1 is 1.19 bits per heavy atom. The van der Waals surface area contributed by atoms with Gasteiger partial charge in [0, 0.05) is 39.3 Å². The van der Waals surface area contributed by atoms with E-state index in [0.29, 0.717) is 31.9 Å². The highest BCUT2D eigenvalue weighted by molar-refractivity contribution is 6.06. The van der Waals surface area contributed by atoms with Crippen LogP contribution in [0.15, 0.2) is 18.2 Å². The van der Waals surface area contributed by atoms with Gasteiger partial charge in [0.05, 0.1) is 16.9 Å². The first kappa shape index (κ1) is 17.4. The minimum Gasteiger partial charge on any atom is -0.492 e. The lowest BCUT2D eigenvalue weighted by Gasteiger charge is -2.40. The van der Waals surface area contributed by atoms with Crippen molar-refractivity contribution in [1.29, 1.82) is 0 Å². The zero-order chi connectivity index (χ0) is 18.5. The van der Waals surface area contributed by atoms with Crippen molar-refractivity contribution >= 4 is 11.7 Å². The second kappa shape index (κ2) is 6.32. The van der Waals surface area contributed by atoms with Gasteiger partial charge in [0.25, 0.3) is 0 Å². The van der Waals surface area contributed by atoms with Crippen molar-refractivity contribution in [2.45, 2.75) is 0 Å². The minimum absolute atomic E-state index is 0.0132. The van der Waals surface area contributed by atoms with E-state index >= 15 is 0 Å². The van der Waals surface area contributed by atoms with Crippen LogP contribution in [0.25, 0.3) is 0 Å². The van der Waals surface area contributed by atoms with Crippen LogP contribution in [0.3, 0.4) is 0 Å². The topological polar surface area (TPSA) is 53.1 Å². The Balaban J connectivity index is 1.65. The summed E-state index contributed by atoms with van der Waals surface area (Å²) >= 11 is 0. The lowest BCUT2D eigenvalue weighted by molar-refractivity contribution is -0.139. The van der Waals surface area contributed by atoms with Crippen LogP contribution in [0.2, 0.25) is 0 Å². The minimum atomic E-state index is -0.935. The maximum Gasteiger partial charge on any atom is 0.228 e. The van der Waals surface area contributed by atoms with E-state index in [1.165, 1.54) is 18.2 Å². The van der Waals surface area contributed by atoms with E-state index in [9.17, 15) is 14.0 Å². The number of benzene rings is 1. The Kier molecular flexibility index (Phi) is 4.23. The summed E-state index contributed by atoms with van der Waals surface area (Å²) in [5.74, 6) is -0.678. The smallest absolute Gasteiger partial charge is 0.228 e. The van der Waals surface area contributed by atoms with Crippen molar-refractivity contribution in [1.82, 2.24) is 14.7 Å². The zero-order valence-electron chi connectivity index (χ0n) is 15.2. The first-order chi connectivity index (χ1) is 12.4. The molecule has 1 aromatic rings. The van der Waals surface area contributed by atoms with Gasteiger partial charge in [0.1, 0.15) is 18.2 Å². The van der Waals surface area contributed by atoms with E-state index in [-0.39, 0.29) is 23.9 Å². The largest absolute Gasteiger partial charge is 0.492 e. The lowest BCUT2D eigenvalue weighted by atomic mass is 9.71. The van der Waals surface area contributed by atoms with Gasteiger partial charge < -0.3 is 19.4 Å². The van der Waals surface area contributed by atoms with E-state index in [2.05, 4.69) is 4.90 Å². The third kappa shape index (κ3) is 2.70. The zero-order valence-corrected chi connectivity index (χ0v) is 15.2. The predicted octanol–water partition coefficient (Wildman–Crippen LogP) is 0.723. The summed E-state index contributed by atoms with van der Waals surface area (Å²) in [4.78, 5) is 32.6. The molecule has 3 aliphatic rings. The molecule has 0 unspecified atom stereocenters. The number of hydrogen-bond donors (Lipinski definition) is 0. The first-order valence-corrected chi connectivity index (χ1v) is 9.04. The summed E-state index contributed by atoms with van der Waals surface area (Å²) in [5, 5.41) is 0. The number of piperazine rings is 1. The van der Waals surface area contributed by atoms with E-state index in [1.807, 2.05) is 23.9 Å². The molecule has 6 nitrogen and oxygen atoms in total. The SMILES string of the molecule is CN1CCN(C(=O)[C@@H]2CN(C)C[C@]23COc2ccc(F)cc2C3=O)CC1. The van der Waals surface area contributed by atoms with Crippen LogP contribution in [0, 0.1) is 17.2 Å². The monoisotopic (exact) mass is 361 g/mol. The van der Waals surface area contributed by atoms with Crippen LogP contribution in [-0.4, -0.2) is 86.4 Å². The number of Topliss-reactive ketones (excluding diaryl/α,β-unsaturated/α-hetero) is 1. The number of carbonyl (C=O) groups is 2. The van der Waals surface area contributed by atoms with E-state index < -0.39 is 17.2 Å². The summed E-state index contributed by atoms with van der Waals surface area (Å²) < 4.78 is 19.5. The number of fused-ring (bicyclic) bond motifs is 1. The number of rotatable bonds is 1. The second-order valence-electron chi connectivity index (χ2n) is 7.79. The quantitative estimate of drug-likeness (QED) is 0.738. The average molecular weight is 361 g/mol. The predicted molar refractivity (Wildman–Crippen MR) is 93.7 cm³/mol. The molecule has 140 valence electrons. The Labute approximate surface area is 152 Å². The van der Waals surface area contributed by atoms with Crippen molar-refractivity contribution in [3.8, 4) is 5.75 Å². The molecule has 0 N–H and O–H groups in total. The Morgan fingerprint density at radius 2 is 1.92 bits per heavy atom. The lowest BCUT2D eigenvalue weighted by Crippen LogP contribution is -2.55. The van der Waals surface area contributed by atoms with Gasteiger partial charge in [-0.05, 0) is 32.3 Å². The van der Waals surface area contributed by atoms with E-state index in [1.54, 1.807) is 0 Å². The molecule has 1 aromatic carbocycles. The van der Waals surface area contributed by atoms with Crippen molar-refractivity contribution in [2.24, 2.45) is 11.3 Å². The fraction of sp³-hybridized carbons (Fsp3) is 0.579. The number of likely N-dealkylation sites (N-methyl/N-ethyl adjacent to an activating group) is 1.